The van der Waals surface area contributed by atoms with Crippen LogP contribution in [0.5, 0.6) is 0 Å². The highest BCUT2D eigenvalue weighted by atomic mass is 19.4. The van der Waals surface area contributed by atoms with E-state index in [0.717, 1.165) is 7.05 Å². The first kappa shape index (κ1) is 13.5. The van der Waals surface area contributed by atoms with Crippen LogP contribution >= 0.6 is 0 Å². The highest BCUT2D eigenvalue weighted by Crippen LogP contribution is 2.17. The fraction of sp³-hybridized carbons (Fsp3) is 0.364. The average molecular weight is 249 g/mol. The van der Waals surface area contributed by atoms with Gasteiger partial charge in [0.1, 0.15) is 5.82 Å². The van der Waals surface area contributed by atoms with Crippen molar-refractivity contribution in [3.05, 3.63) is 35.6 Å². The first-order chi connectivity index (χ1) is 7.80. The van der Waals surface area contributed by atoms with Crippen molar-refractivity contribution in [3.8, 4) is 0 Å². The van der Waals surface area contributed by atoms with Crippen LogP contribution in [0.15, 0.2) is 24.3 Å². The number of halogens is 4. The molecule has 0 radical (unpaired) electrons. The van der Waals surface area contributed by atoms with Crippen molar-refractivity contribution in [1.29, 1.82) is 0 Å². The van der Waals surface area contributed by atoms with E-state index in [0.29, 0.717) is 10.5 Å². The number of alkyl halides is 3. The predicted molar refractivity (Wildman–Crippen MR) is 53.8 cm³/mol. The third-order valence-electron chi connectivity index (χ3n) is 2.21. The third kappa shape index (κ3) is 4.05. The Bertz CT molecular complexity index is 403. The summed E-state index contributed by atoms with van der Waals surface area (Å²) in [5.74, 6) is -2.35. The number of carbonyl (C=O) groups excluding carboxylic acids is 1. The van der Waals surface area contributed by atoms with E-state index in [2.05, 4.69) is 0 Å². The molecule has 1 amide bonds. The summed E-state index contributed by atoms with van der Waals surface area (Å²) in [7, 11) is 1.06. The molecule has 0 atom stereocenters. The molecule has 0 heterocycles. The van der Waals surface area contributed by atoms with Gasteiger partial charge in [-0.1, -0.05) is 12.1 Å². The molecular weight excluding hydrogens is 238 g/mol. The summed E-state index contributed by atoms with van der Waals surface area (Å²) in [6.07, 6.45) is -4.69. The first-order valence-corrected chi connectivity index (χ1v) is 4.87. The molecule has 0 spiro atoms. The highest BCUT2D eigenvalue weighted by Gasteiger charge is 2.40. The number of nitrogens with zero attached hydrogens (tertiary/aromatic N) is 1. The van der Waals surface area contributed by atoms with E-state index >= 15 is 0 Å². The van der Waals surface area contributed by atoms with Gasteiger partial charge in [0.25, 0.3) is 0 Å². The smallest absolute Gasteiger partial charge is 0.338 e. The third-order valence-corrected chi connectivity index (χ3v) is 2.21. The Kier molecular flexibility index (Phi) is 4.09. The number of amides is 1. The topological polar surface area (TPSA) is 20.3 Å². The van der Waals surface area contributed by atoms with Gasteiger partial charge in [0.05, 0.1) is 0 Å². The average Bonchev–Trinajstić information content (AvgIpc) is 2.23. The second-order valence-electron chi connectivity index (χ2n) is 3.60. The zero-order valence-corrected chi connectivity index (χ0v) is 9.09. The van der Waals surface area contributed by atoms with Gasteiger partial charge < -0.3 is 4.90 Å². The maximum Gasteiger partial charge on any atom is 0.471 e. The van der Waals surface area contributed by atoms with Crippen molar-refractivity contribution in [3.63, 3.8) is 0 Å². The first-order valence-electron chi connectivity index (χ1n) is 4.87. The maximum absolute atomic E-state index is 12.8. The van der Waals surface area contributed by atoms with Gasteiger partial charge in [-0.3, -0.25) is 4.79 Å². The molecule has 0 fully saturated rings. The Hall–Kier alpha value is -1.59. The summed E-state index contributed by atoms with van der Waals surface area (Å²) < 4.78 is 48.9. The van der Waals surface area contributed by atoms with Crippen molar-refractivity contribution in [2.45, 2.75) is 12.6 Å². The van der Waals surface area contributed by atoms with Gasteiger partial charge in [-0.25, -0.2) is 4.39 Å². The summed E-state index contributed by atoms with van der Waals surface area (Å²) in [6.45, 7) is -0.109. The van der Waals surface area contributed by atoms with E-state index in [1.807, 2.05) is 0 Å². The minimum Gasteiger partial charge on any atom is -0.338 e. The van der Waals surface area contributed by atoms with Gasteiger partial charge in [-0.2, -0.15) is 13.2 Å². The SMILES string of the molecule is CN(CCc1cccc(F)c1)C(=O)C(F)(F)F. The number of hydrogen-bond donors (Lipinski definition) is 0. The Morgan fingerprint density at radius 3 is 2.53 bits per heavy atom. The van der Waals surface area contributed by atoms with E-state index in [9.17, 15) is 22.4 Å². The largest absolute Gasteiger partial charge is 0.471 e. The van der Waals surface area contributed by atoms with Crippen molar-refractivity contribution in [1.82, 2.24) is 4.90 Å². The molecule has 0 aromatic heterocycles. The molecule has 17 heavy (non-hydrogen) atoms. The summed E-state index contributed by atoms with van der Waals surface area (Å²) in [4.78, 5) is 11.4. The lowest BCUT2D eigenvalue weighted by Gasteiger charge is -2.18. The van der Waals surface area contributed by atoms with E-state index in [-0.39, 0.29) is 13.0 Å². The molecule has 0 aliphatic rings. The van der Waals surface area contributed by atoms with Crippen molar-refractivity contribution in [2.24, 2.45) is 0 Å². The molecule has 94 valence electrons. The lowest BCUT2D eigenvalue weighted by molar-refractivity contribution is -0.184. The molecule has 6 heteroatoms. The molecule has 0 saturated heterocycles. The van der Waals surface area contributed by atoms with Crippen molar-refractivity contribution >= 4 is 5.91 Å². The molecule has 0 saturated carbocycles. The fourth-order valence-corrected chi connectivity index (χ4v) is 1.31. The molecule has 0 aliphatic heterocycles. The monoisotopic (exact) mass is 249 g/mol. The molecule has 0 N–H and O–H groups in total. The summed E-state index contributed by atoms with van der Waals surface area (Å²) in [5.41, 5.74) is 0.548. The van der Waals surface area contributed by atoms with Gasteiger partial charge in [-0.05, 0) is 24.1 Å². The molecule has 0 unspecified atom stereocenters. The summed E-state index contributed by atoms with van der Waals surface area (Å²) in [5, 5.41) is 0. The normalized spacial score (nSPS) is 11.4. The summed E-state index contributed by atoms with van der Waals surface area (Å²) in [6, 6.07) is 5.53. The standard InChI is InChI=1S/C11H11F4NO/c1-16(10(17)11(13,14)15)6-5-8-3-2-4-9(12)7-8/h2-4,7H,5-6H2,1H3. The second-order valence-corrected chi connectivity index (χ2v) is 3.60. The molecule has 2 nitrogen and oxygen atoms in total. The lowest BCUT2D eigenvalue weighted by atomic mass is 10.1. The number of carbonyl (C=O) groups is 1. The predicted octanol–water partition coefficient (Wildman–Crippen LogP) is 2.39. The lowest BCUT2D eigenvalue weighted by Crippen LogP contribution is -2.39. The molecule has 0 bridgehead atoms. The minimum atomic E-state index is -4.86. The van der Waals surface area contributed by atoms with Crippen LogP contribution < -0.4 is 0 Å². The van der Waals surface area contributed by atoms with Crippen molar-refractivity contribution in [2.75, 3.05) is 13.6 Å². The van der Waals surface area contributed by atoms with E-state index in [4.69, 9.17) is 0 Å². The second kappa shape index (κ2) is 5.16. The highest BCUT2D eigenvalue weighted by molar-refractivity contribution is 5.81. The van der Waals surface area contributed by atoms with Gasteiger partial charge in [-0.15, -0.1) is 0 Å². The van der Waals surface area contributed by atoms with Crippen molar-refractivity contribution < 1.29 is 22.4 Å². The zero-order valence-electron chi connectivity index (χ0n) is 9.09. The molecule has 1 aromatic carbocycles. The molecular formula is C11H11F4NO. The molecule has 1 aromatic rings. The van der Waals surface area contributed by atoms with E-state index < -0.39 is 17.9 Å². The van der Waals surface area contributed by atoms with E-state index in [1.165, 1.54) is 18.2 Å². The van der Waals surface area contributed by atoms with Crippen LogP contribution in [0.25, 0.3) is 0 Å². The van der Waals surface area contributed by atoms with Crippen LogP contribution in [0.3, 0.4) is 0 Å². The van der Waals surface area contributed by atoms with Gasteiger partial charge >= 0.3 is 12.1 Å². The number of likely N-dealkylation sites (N-methyl/N-ethyl adjacent to an activating group) is 1. The number of hydrogen-bond acceptors (Lipinski definition) is 1. The Balaban J connectivity index is 2.54. The zero-order chi connectivity index (χ0) is 13.1. The number of benzene rings is 1. The quantitative estimate of drug-likeness (QED) is 0.753. The number of rotatable bonds is 3. The van der Waals surface area contributed by atoms with Gasteiger partial charge in [0.2, 0.25) is 0 Å². The molecule has 0 aliphatic carbocycles. The van der Waals surface area contributed by atoms with Gasteiger partial charge in [0.15, 0.2) is 0 Å². The van der Waals surface area contributed by atoms with Crippen LogP contribution in [0.1, 0.15) is 5.56 Å². The Morgan fingerprint density at radius 1 is 1.35 bits per heavy atom. The van der Waals surface area contributed by atoms with Crippen LogP contribution in [-0.2, 0) is 11.2 Å². The van der Waals surface area contributed by atoms with E-state index in [1.54, 1.807) is 6.07 Å². The maximum atomic E-state index is 12.8. The Labute approximate surface area is 95.8 Å². The fourth-order valence-electron chi connectivity index (χ4n) is 1.31. The minimum absolute atomic E-state index is 0.109. The van der Waals surface area contributed by atoms with Crippen LogP contribution in [0, 0.1) is 5.82 Å². The van der Waals surface area contributed by atoms with Crippen LogP contribution in [0.4, 0.5) is 17.6 Å². The summed E-state index contributed by atoms with van der Waals surface area (Å²) >= 11 is 0. The molecule has 1 rings (SSSR count). The van der Waals surface area contributed by atoms with Crippen LogP contribution in [0.2, 0.25) is 0 Å². The Morgan fingerprint density at radius 2 is 2.00 bits per heavy atom. The van der Waals surface area contributed by atoms with Crippen LogP contribution in [-0.4, -0.2) is 30.6 Å². The van der Waals surface area contributed by atoms with Gasteiger partial charge in [0, 0.05) is 13.6 Å².